The fourth-order valence-corrected chi connectivity index (χ4v) is 4.25. The Kier molecular flexibility index (Phi) is 3.20. The predicted octanol–water partition coefficient (Wildman–Crippen LogP) is 4.36. The second kappa shape index (κ2) is 5.46. The molecule has 2 atom stereocenters. The molecule has 3 aromatic carbocycles. The quantitative estimate of drug-likeness (QED) is 0.661. The summed E-state index contributed by atoms with van der Waals surface area (Å²) in [7, 11) is 0. The summed E-state index contributed by atoms with van der Waals surface area (Å²) in [6, 6.07) is 27.8. The molecule has 2 unspecified atom stereocenters. The lowest BCUT2D eigenvalue weighted by atomic mass is 9.68. The van der Waals surface area contributed by atoms with Crippen molar-refractivity contribution < 1.29 is 14.3 Å². The number of hydrogen-bond acceptors (Lipinski definition) is 3. The normalized spacial score (nSPS) is 25.5. The highest BCUT2D eigenvalue weighted by molar-refractivity contribution is 5.92. The molecule has 0 saturated carbocycles. The fourth-order valence-electron chi connectivity index (χ4n) is 4.25. The Morgan fingerprint density at radius 3 is 2.12 bits per heavy atom. The zero-order valence-corrected chi connectivity index (χ0v) is 14.2. The van der Waals surface area contributed by atoms with Crippen molar-refractivity contribution in [2.24, 2.45) is 0 Å². The summed E-state index contributed by atoms with van der Waals surface area (Å²) in [4.78, 5) is 12.8. The van der Waals surface area contributed by atoms with Gasteiger partial charge in [0, 0.05) is 17.5 Å². The zero-order chi connectivity index (χ0) is 17.6. The minimum atomic E-state index is -1.09. The summed E-state index contributed by atoms with van der Waals surface area (Å²) in [6.07, 6.45) is 1.48. The van der Waals surface area contributed by atoms with Crippen molar-refractivity contribution in [1.82, 2.24) is 0 Å². The van der Waals surface area contributed by atoms with E-state index >= 15 is 0 Å². The van der Waals surface area contributed by atoms with E-state index in [1.165, 1.54) is 5.56 Å². The van der Waals surface area contributed by atoms with Crippen molar-refractivity contribution in [1.29, 1.82) is 0 Å². The number of ether oxygens (including phenoxy) is 2. The number of esters is 1. The van der Waals surface area contributed by atoms with Gasteiger partial charge in [-0.2, -0.15) is 0 Å². The van der Waals surface area contributed by atoms with Gasteiger partial charge in [-0.05, 0) is 18.1 Å². The van der Waals surface area contributed by atoms with Gasteiger partial charge in [-0.3, -0.25) is 0 Å². The van der Waals surface area contributed by atoms with Crippen molar-refractivity contribution in [3.8, 4) is 5.75 Å². The number of benzene rings is 3. The van der Waals surface area contributed by atoms with Crippen LogP contribution in [-0.2, 0) is 27.2 Å². The molecule has 0 aromatic heterocycles. The van der Waals surface area contributed by atoms with Gasteiger partial charge in [0.15, 0.2) is 5.60 Å². The maximum atomic E-state index is 12.8. The first-order valence-electron chi connectivity index (χ1n) is 8.88. The third kappa shape index (κ3) is 1.86. The van der Waals surface area contributed by atoms with Gasteiger partial charge in [0.25, 0.3) is 5.60 Å². The molecule has 2 aliphatic rings. The molecule has 3 aromatic rings. The molecular weight excluding hydrogens is 324 g/mol. The van der Waals surface area contributed by atoms with E-state index in [0.29, 0.717) is 6.42 Å². The maximum Gasteiger partial charge on any atom is 0.361 e. The number of carbonyl (C=O) groups is 1. The Hall–Kier alpha value is -3.07. The van der Waals surface area contributed by atoms with Gasteiger partial charge < -0.3 is 9.47 Å². The van der Waals surface area contributed by atoms with Crippen LogP contribution in [0.1, 0.15) is 23.1 Å². The van der Waals surface area contributed by atoms with Gasteiger partial charge in [0.2, 0.25) is 0 Å². The van der Waals surface area contributed by atoms with E-state index in [4.69, 9.17) is 9.47 Å². The second-order valence-electron chi connectivity index (χ2n) is 6.85. The van der Waals surface area contributed by atoms with Gasteiger partial charge >= 0.3 is 5.97 Å². The van der Waals surface area contributed by atoms with Crippen LogP contribution in [0, 0.1) is 0 Å². The first-order chi connectivity index (χ1) is 12.8. The molecule has 0 radical (unpaired) electrons. The van der Waals surface area contributed by atoms with Crippen LogP contribution in [-0.4, -0.2) is 5.97 Å². The van der Waals surface area contributed by atoms with Crippen molar-refractivity contribution in [3.05, 3.63) is 102 Å². The monoisotopic (exact) mass is 342 g/mol. The molecule has 0 amide bonds. The smallest absolute Gasteiger partial charge is 0.361 e. The molecule has 2 heterocycles. The van der Waals surface area contributed by atoms with Crippen molar-refractivity contribution in [2.75, 3.05) is 0 Å². The van der Waals surface area contributed by atoms with Gasteiger partial charge in [-0.25, -0.2) is 4.79 Å². The Morgan fingerprint density at radius 1 is 0.731 bits per heavy atom. The average Bonchev–Trinajstić information content (AvgIpc) is 2.93. The summed E-state index contributed by atoms with van der Waals surface area (Å²) in [5, 5.41) is 0. The lowest BCUT2D eigenvalue weighted by Crippen LogP contribution is -2.67. The molecule has 26 heavy (non-hydrogen) atoms. The number of aryl methyl sites for hydroxylation is 1. The molecule has 1 fully saturated rings. The average molecular weight is 342 g/mol. The van der Waals surface area contributed by atoms with Crippen LogP contribution in [0.3, 0.4) is 0 Å². The molecule has 1 saturated heterocycles. The lowest BCUT2D eigenvalue weighted by molar-refractivity contribution is -0.260. The Balaban J connectivity index is 1.62. The Labute approximate surface area is 152 Å². The van der Waals surface area contributed by atoms with E-state index < -0.39 is 11.2 Å². The van der Waals surface area contributed by atoms with E-state index in [1.807, 2.05) is 72.8 Å². The van der Waals surface area contributed by atoms with E-state index in [0.717, 1.165) is 23.3 Å². The van der Waals surface area contributed by atoms with Crippen LogP contribution in [0.4, 0.5) is 0 Å². The number of para-hydroxylation sites is 1. The van der Waals surface area contributed by atoms with Crippen molar-refractivity contribution in [3.63, 3.8) is 0 Å². The van der Waals surface area contributed by atoms with E-state index in [-0.39, 0.29) is 5.97 Å². The summed E-state index contributed by atoms with van der Waals surface area (Å²) >= 11 is 0. The number of rotatable bonds is 4. The topological polar surface area (TPSA) is 35.5 Å². The van der Waals surface area contributed by atoms with E-state index in [9.17, 15) is 4.79 Å². The first-order valence-corrected chi connectivity index (χ1v) is 8.88. The van der Waals surface area contributed by atoms with Crippen LogP contribution in [0.25, 0.3) is 0 Å². The van der Waals surface area contributed by atoms with Crippen LogP contribution >= 0.6 is 0 Å². The van der Waals surface area contributed by atoms with Crippen molar-refractivity contribution >= 4 is 5.97 Å². The third-order valence-corrected chi connectivity index (χ3v) is 5.50. The number of carbonyl (C=O) groups excluding carboxylic acids is 1. The Bertz CT molecular complexity index is 967. The van der Waals surface area contributed by atoms with E-state index in [1.54, 1.807) is 0 Å². The molecule has 0 bridgehead atoms. The van der Waals surface area contributed by atoms with Gasteiger partial charge in [-0.1, -0.05) is 78.9 Å². The van der Waals surface area contributed by atoms with Gasteiger partial charge in [0.05, 0.1) is 0 Å². The van der Waals surface area contributed by atoms with Crippen LogP contribution in [0.5, 0.6) is 5.75 Å². The summed E-state index contributed by atoms with van der Waals surface area (Å²) in [5.74, 6) is 0.420. The second-order valence-corrected chi connectivity index (χ2v) is 6.85. The Morgan fingerprint density at radius 2 is 1.38 bits per heavy atom. The van der Waals surface area contributed by atoms with Gasteiger partial charge in [0.1, 0.15) is 5.75 Å². The molecule has 128 valence electrons. The zero-order valence-electron chi connectivity index (χ0n) is 14.2. The van der Waals surface area contributed by atoms with Crippen LogP contribution in [0.15, 0.2) is 84.9 Å². The highest BCUT2D eigenvalue weighted by Gasteiger charge is 2.77. The van der Waals surface area contributed by atoms with E-state index in [2.05, 4.69) is 12.1 Å². The third-order valence-electron chi connectivity index (χ3n) is 5.50. The number of fused-ring (bicyclic) bond motifs is 3. The van der Waals surface area contributed by atoms with Crippen LogP contribution < -0.4 is 4.74 Å². The first kappa shape index (κ1) is 15.2. The number of hydrogen-bond donors (Lipinski definition) is 0. The SMILES string of the molecule is O=C1OC2(CCc3ccccc3)c3ccccc3OC12c1ccccc1. The minimum absolute atomic E-state index is 0.312. The molecule has 0 N–H and O–H groups in total. The highest BCUT2D eigenvalue weighted by atomic mass is 16.7. The molecule has 3 nitrogen and oxygen atoms in total. The lowest BCUT2D eigenvalue weighted by Gasteiger charge is -2.51. The van der Waals surface area contributed by atoms with Crippen LogP contribution in [0.2, 0.25) is 0 Å². The maximum absolute atomic E-state index is 12.8. The fraction of sp³-hybridized carbons (Fsp3) is 0.174. The van der Waals surface area contributed by atoms with Crippen molar-refractivity contribution in [2.45, 2.75) is 24.0 Å². The largest absolute Gasteiger partial charge is 0.466 e. The molecule has 0 spiro atoms. The molecule has 0 aliphatic carbocycles. The minimum Gasteiger partial charge on any atom is -0.466 e. The molecule has 2 aliphatic heterocycles. The predicted molar refractivity (Wildman–Crippen MR) is 97.7 cm³/mol. The molecular formula is C23H18O3. The molecule has 5 rings (SSSR count). The molecule has 3 heteroatoms. The van der Waals surface area contributed by atoms with Gasteiger partial charge in [-0.15, -0.1) is 0 Å². The highest BCUT2D eigenvalue weighted by Crippen LogP contribution is 2.64. The summed E-state index contributed by atoms with van der Waals surface area (Å²) in [5.41, 5.74) is 1.15. The standard InChI is InChI=1S/C23H18O3/c24-21-23(18-11-5-2-6-12-18)22(26-21,16-15-17-9-3-1-4-10-17)19-13-7-8-14-20(19)25-23/h1-14H,15-16H2. The summed E-state index contributed by atoms with van der Waals surface area (Å²) in [6.45, 7) is 0. The summed E-state index contributed by atoms with van der Waals surface area (Å²) < 4.78 is 12.2.